The highest BCUT2D eigenvalue weighted by Gasteiger charge is 2.26. The van der Waals surface area contributed by atoms with Crippen molar-refractivity contribution < 1.29 is 22.7 Å². The molecule has 1 fully saturated rings. The summed E-state index contributed by atoms with van der Waals surface area (Å²) in [5.74, 6) is 1.000. The lowest BCUT2D eigenvalue weighted by Crippen LogP contribution is -2.48. The van der Waals surface area contributed by atoms with Crippen LogP contribution in [0.25, 0.3) is 0 Å². The van der Waals surface area contributed by atoms with Crippen molar-refractivity contribution in [3.05, 3.63) is 119 Å². The van der Waals surface area contributed by atoms with Crippen molar-refractivity contribution in [3.8, 4) is 5.75 Å². The van der Waals surface area contributed by atoms with Gasteiger partial charge in [0, 0.05) is 39.3 Å². The summed E-state index contributed by atoms with van der Waals surface area (Å²) in [6.07, 6.45) is 0. The summed E-state index contributed by atoms with van der Waals surface area (Å²) in [5, 5.41) is 0. The molecule has 8 heteroatoms. The van der Waals surface area contributed by atoms with Gasteiger partial charge in [-0.25, -0.2) is 8.78 Å². The van der Waals surface area contributed by atoms with E-state index in [4.69, 9.17) is 9.15 Å². The van der Waals surface area contributed by atoms with E-state index < -0.39 is 0 Å². The number of anilines is 1. The van der Waals surface area contributed by atoms with E-state index in [2.05, 4.69) is 9.80 Å². The lowest BCUT2D eigenvalue weighted by molar-refractivity contribution is 0.0710. The number of ether oxygens (including phenoxy) is 1. The highest BCUT2D eigenvalue weighted by molar-refractivity contribution is 5.91. The third-order valence-electron chi connectivity index (χ3n) is 6.86. The number of nitrogens with zero attached hydrogens (tertiary/aromatic N) is 3. The summed E-state index contributed by atoms with van der Waals surface area (Å²) in [4.78, 5) is 19.3. The zero-order valence-electron chi connectivity index (χ0n) is 21.9. The average molecular weight is 532 g/mol. The Morgan fingerprint density at radius 3 is 2.31 bits per heavy atom. The lowest BCUT2D eigenvalue weighted by atomic mass is 10.1. The number of hydrogen-bond donors (Lipinski definition) is 0. The van der Waals surface area contributed by atoms with Gasteiger partial charge in [0.25, 0.3) is 5.91 Å². The Bertz CT molecular complexity index is 1400. The molecule has 1 aliphatic heterocycles. The fourth-order valence-corrected chi connectivity index (χ4v) is 4.90. The molecule has 0 aliphatic carbocycles. The monoisotopic (exact) mass is 531 g/mol. The van der Waals surface area contributed by atoms with Crippen LogP contribution >= 0.6 is 0 Å². The van der Waals surface area contributed by atoms with Gasteiger partial charge in [0.2, 0.25) is 0 Å². The van der Waals surface area contributed by atoms with E-state index in [-0.39, 0.29) is 17.5 Å². The SMILES string of the molecule is COc1ccccc1N1CCN(C(=O)c2ccc(CN(Cc3ccc(F)cc3)Cc3cccc(F)c3)o2)CC1. The van der Waals surface area contributed by atoms with Gasteiger partial charge in [0.15, 0.2) is 5.76 Å². The number of halogens is 2. The first-order chi connectivity index (χ1) is 19.0. The molecular formula is C31H31F2N3O3. The Morgan fingerprint density at radius 1 is 0.821 bits per heavy atom. The molecule has 202 valence electrons. The minimum Gasteiger partial charge on any atom is -0.495 e. The van der Waals surface area contributed by atoms with Crippen LogP contribution in [0.2, 0.25) is 0 Å². The average Bonchev–Trinajstić information content (AvgIpc) is 3.42. The molecular weight excluding hydrogens is 500 g/mol. The van der Waals surface area contributed by atoms with Crippen LogP contribution < -0.4 is 9.64 Å². The highest BCUT2D eigenvalue weighted by atomic mass is 19.1. The van der Waals surface area contributed by atoms with E-state index in [1.807, 2.05) is 36.4 Å². The van der Waals surface area contributed by atoms with E-state index in [9.17, 15) is 13.6 Å². The maximum Gasteiger partial charge on any atom is 0.289 e. The number of piperazine rings is 1. The molecule has 6 nitrogen and oxygen atoms in total. The van der Waals surface area contributed by atoms with Gasteiger partial charge in [-0.1, -0.05) is 36.4 Å². The molecule has 5 rings (SSSR count). The Balaban J connectivity index is 1.24. The molecule has 1 aromatic heterocycles. The first-order valence-corrected chi connectivity index (χ1v) is 13.0. The van der Waals surface area contributed by atoms with Crippen LogP contribution in [0, 0.1) is 11.6 Å². The lowest BCUT2D eigenvalue weighted by Gasteiger charge is -2.36. The Labute approximate surface area is 227 Å². The predicted octanol–water partition coefficient (Wildman–Crippen LogP) is 5.73. The number of carbonyl (C=O) groups excluding carboxylic acids is 1. The Morgan fingerprint density at radius 2 is 1.56 bits per heavy atom. The number of carbonyl (C=O) groups is 1. The van der Waals surface area contributed by atoms with Crippen LogP contribution in [0.4, 0.5) is 14.5 Å². The van der Waals surface area contributed by atoms with Crippen molar-refractivity contribution in [2.24, 2.45) is 0 Å². The molecule has 39 heavy (non-hydrogen) atoms. The maximum absolute atomic E-state index is 13.8. The van der Waals surface area contributed by atoms with Gasteiger partial charge in [-0.05, 0) is 59.7 Å². The molecule has 3 aromatic carbocycles. The number of hydrogen-bond acceptors (Lipinski definition) is 5. The van der Waals surface area contributed by atoms with Gasteiger partial charge in [-0.2, -0.15) is 0 Å². The van der Waals surface area contributed by atoms with Crippen molar-refractivity contribution in [3.63, 3.8) is 0 Å². The third-order valence-corrected chi connectivity index (χ3v) is 6.86. The standard InChI is InChI=1S/C31H31F2N3O3/c1-38-29-8-3-2-7-28(29)35-15-17-36(18-16-35)31(37)30-14-13-27(39-30)22-34(20-23-9-11-25(32)12-10-23)21-24-5-4-6-26(33)19-24/h2-14,19H,15-18,20-22H2,1H3. The number of para-hydroxylation sites is 2. The molecule has 1 aliphatic rings. The third kappa shape index (κ3) is 6.64. The molecule has 0 radical (unpaired) electrons. The van der Waals surface area contributed by atoms with E-state index in [1.165, 1.54) is 24.3 Å². The van der Waals surface area contributed by atoms with E-state index in [0.717, 1.165) is 22.6 Å². The Kier molecular flexibility index (Phi) is 8.22. The molecule has 0 N–H and O–H groups in total. The molecule has 0 bridgehead atoms. The summed E-state index contributed by atoms with van der Waals surface area (Å²) < 4.78 is 38.7. The van der Waals surface area contributed by atoms with Crippen molar-refractivity contribution in [2.45, 2.75) is 19.6 Å². The number of rotatable bonds is 9. The smallest absolute Gasteiger partial charge is 0.289 e. The molecule has 0 spiro atoms. The quantitative estimate of drug-likeness (QED) is 0.276. The molecule has 0 saturated carbocycles. The van der Waals surface area contributed by atoms with Crippen LogP contribution in [0.5, 0.6) is 5.75 Å². The molecule has 1 saturated heterocycles. The van der Waals surface area contributed by atoms with Crippen LogP contribution in [0.1, 0.15) is 27.4 Å². The fraction of sp³-hybridized carbons (Fsp3) is 0.258. The fourth-order valence-electron chi connectivity index (χ4n) is 4.90. The van der Waals surface area contributed by atoms with E-state index in [0.29, 0.717) is 57.3 Å². The van der Waals surface area contributed by atoms with Gasteiger partial charge in [-0.15, -0.1) is 0 Å². The number of furan rings is 1. The van der Waals surface area contributed by atoms with Crippen molar-refractivity contribution >= 4 is 11.6 Å². The van der Waals surface area contributed by atoms with Gasteiger partial charge in [-0.3, -0.25) is 9.69 Å². The second-order valence-electron chi connectivity index (χ2n) is 9.62. The van der Waals surface area contributed by atoms with Gasteiger partial charge >= 0.3 is 0 Å². The second kappa shape index (κ2) is 12.1. The van der Waals surface area contributed by atoms with Gasteiger partial charge in [0.05, 0.1) is 19.3 Å². The van der Waals surface area contributed by atoms with Gasteiger partial charge < -0.3 is 19.0 Å². The maximum atomic E-state index is 13.8. The van der Waals surface area contributed by atoms with E-state index >= 15 is 0 Å². The molecule has 2 heterocycles. The normalized spacial score (nSPS) is 13.6. The molecule has 1 amide bonds. The Hall–Kier alpha value is -4.17. The van der Waals surface area contributed by atoms with Crippen LogP contribution in [-0.2, 0) is 19.6 Å². The summed E-state index contributed by atoms with van der Waals surface area (Å²) in [6.45, 7) is 3.91. The van der Waals surface area contributed by atoms with Crippen LogP contribution in [-0.4, -0.2) is 49.0 Å². The topological polar surface area (TPSA) is 49.2 Å². The minimum atomic E-state index is -0.300. The summed E-state index contributed by atoms with van der Waals surface area (Å²) in [7, 11) is 1.66. The second-order valence-corrected chi connectivity index (χ2v) is 9.62. The first kappa shape index (κ1) is 26.4. The van der Waals surface area contributed by atoms with Crippen LogP contribution in [0.15, 0.2) is 89.3 Å². The van der Waals surface area contributed by atoms with Crippen molar-refractivity contribution in [1.29, 1.82) is 0 Å². The largest absolute Gasteiger partial charge is 0.495 e. The molecule has 0 atom stereocenters. The zero-order chi connectivity index (χ0) is 27.2. The zero-order valence-corrected chi connectivity index (χ0v) is 21.9. The minimum absolute atomic E-state index is 0.142. The van der Waals surface area contributed by atoms with E-state index in [1.54, 1.807) is 36.3 Å². The van der Waals surface area contributed by atoms with Crippen molar-refractivity contribution in [2.75, 3.05) is 38.2 Å². The number of amides is 1. The summed E-state index contributed by atoms with van der Waals surface area (Å²) in [5.41, 5.74) is 2.75. The number of methoxy groups -OCH3 is 1. The summed E-state index contributed by atoms with van der Waals surface area (Å²) >= 11 is 0. The first-order valence-electron chi connectivity index (χ1n) is 13.0. The predicted molar refractivity (Wildman–Crippen MR) is 146 cm³/mol. The molecule has 0 unspecified atom stereocenters. The summed E-state index contributed by atoms with van der Waals surface area (Å²) in [6, 6.07) is 24.2. The number of benzene rings is 3. The molecule has 4 aromatic rings. The van der Waals surface area contributed by atoms with Gasteiger partial charge in [0.1, 0.15) is 23.1 Å². The van der Waals surface area contributed by atoms with Crippen LogP contribution in [0.3, 0.4) is 0 Å². The van der Waals surface area contributed by atoms with Crippen molar-refractivity contribution in [1.82, 2.24) is 9.80 Å². The highest BCUT2D eigenvalue weighted by Crippen LogP contribution is 2.28.